The summed E-state index contributed by atoms with van der Waals surface area (Å²) in [5.41, 5.74) is 3.44. The second kappa shape index (κ2) is 6.35. The quantitative estimate of drug-likeness (QED) is 0.800. The van der Waals surface area contributed by atoms with E-state index in [2.05, 4.69) is 15.3 Å². The Labute approximate surface area is 129 Å². The lowest BCUT2D eigenvalue weighted by Crippen LogP contribution is -2.13. The van der Waals surface area contributed by atoms with Crippen molar-refractivity contribution in [3.05, 3.63) is 66.1 Å². The summed E-state index contributed by atoms with van der Waals surface area (Å²) in [6.45, 7) is 1.94. The number of aromatic nitrogens is 2. The Balaban J connectivity index is 1.73. The van der Waals surface area contributed by atoms with Crippen LogP contribution < -0.4 is 5.32 Å². The number of fused-ring (bicyclic) bond motifs is 1. The maximum Gasteiger partial charge on any atom is 0.224 e. The third-order valence-electron chi connectivity index (χ3n) is 3.47. The molecule has 0 unspecified atom stereocenters. The molecule has 0 aliphatic rings. The van der Waals surface area contributed by atoms with Crippen molar-refractivity contribution in [1.82, 2.24) is 9.97 Å². The van der Waals surface area contributed by atoms with Crippen LogP contribution in [0, 0.1) is 6.92 Å². The van der Waals surface area contributed by atoms with Crippen molar-refractivity contribution in [3.8, 4) is 0 Å². The fraction of sp³-hybridized carbons (Fsp3) is 0.167. The van der Waals surface area contributed by atoms with E-state index in [9.17, 15) is 4.79 Å². The molecule has 1 aromatic carbocycles. The van der Waals surface area contributed by atoms with E-state index in [4.69, 9.17) is 0 Å². The lowest BCUT2D eigenvalue weighted by Gasteiger charge is -2.08. The fourth-order valence-corrected chi connectivity index (χ4v) is 2.35. The summed E-state index contributed by atoms with van der Waals surface area (Å²) in [6.07, 6.45) is 2.77. The highest BCUT2D eigenvalue weighted by Crippen LogP contribution is 2.21. The topological polar surface area (TPSA) is 54.9 Å². The molecule has 0 aliphatic heterocycles. The van der Waals surface area contributed by atoms with Gasteiger partial charge in [0.15, 0.2) is 0 Å². The van der Waals surface area contributed by atoms with Crippen LogP contribution in [0.3, 0.4) is 0 Å². The van der Waals surface area contributed by atoms with Crippen molar-refractivity contribution in [1.29, 1.82) is 0 Å². The molecule has 22 heavy (non-hydrogen) atoms. The Morgan fingerprint density at radius 3 is 2.82 bits per heavy atom. The smallest absolute Gasteiger partial charge is 0.224 e. The molecule has 0 atom stereocenters. The molecule has 4 nitrogen and oxygen atoms in total. The molecule has 110 valence electrons. The SMILES string of the molecule is Cc1ccc2cccc(NC(=O)CCc3ccccn3)c2n1. The van der Waals surface area contributed by atoms with Crippen molar-refractivity contribution in [2.24, 2.45) is 0 Å². The largest absolute Gasteiger partial charge is 0.324 e. The van der Waals surface area contributed by atoms with Crippen molar-refractivity contribution in [3.63, 3.8) is 0 Å². The van der Waals surface area contributed by atoms with Gasteiger partial charge in [-0.05, 0) is 37.6 Å². The molecule has 1 amide bonds. The Bertz CT molecular complexity index is 800. The highest BCUT2D eigenvalue weighted by molar-refractivity contribution is 6.00. The van der Waals surface area contributed by atoms with Crippen LogP contribution in [0.15, 0.2) is 54.7 Å². The Kier molecular flexibility index (Phi) is 4.10. The molecule has 4 heteroatoms. The first-order valence-corrected chi connectivity index (χ1v) is 7.28. The number of carbonyl (C=O) groups is 1. The van der Waals surface area contributed by atoms with Gasteiger partial charge in [-0.15, -0.1) is 0 Å². The highest BCUT2D eigenvalue weighted by Gasteiger charge is 2.07. The molecule has 0 saturated carbocycles. The van der Waals surface area contributed by atoms with Gasteiger partial charge in [-0.1, -0.05) is 24.3 Å². The van der Waals surface area contributed by atoms with Crippen LogP contribution in [0.4, 0.5) is 5.69 Å². The van der Waals surface area contributed by atoms with E-state index in [0.717, 1.165) is 28.0 Å². The first kappa shape index (κ1) is 14.2. The number of hydrogen-bond acceptors (Lipinski definition) is 3. The first-order chi connectivity index (χ1) is 10.7. The molecule has 0 spiro atoms. The standard InChI is InChI=1S/C18H17N3O/c1-13-8-9-14-5-4-7-16(18(14)20-13)21-17(22)11-10-15-6-2-3-12-19-15/h2-9,12H,10-11H2,1H3,(H,21,22). The summed E-state index contributed by atoms with van der Waals surface area (Å²) >= 11 is 0. The summed E-state index contributed by atoms with van der Waals surface area (Å²) in [4.78, 5) is 20.9. The van der Waals surface area contributed by atoms with Crippen LogP contribution in [0.1, 0.15) is 17.8 Å². The summed E-state index contributed by atoms with van der Waals surface area (Å²) in [5, 5.41) is 3.97. The number of nitrogens with zero attached hydrogens (tertiary/aromatic N) is 2. The molecule has 3 rings (SSSR count). The van der Waals surface area contributed by atoms with Gasteiger partial charge in [0.25, 0.3) is 0 Å². The Hall–Kier alpha value is -2.75. The van der Waals surface area contributed by atoms with Crippen LogP contribution >= 0.6 is 0 Å². The van der Waals surface area contributed by atoms with Gasteiger partial charge in [0.1, 0.15) is 0 Å². The normalized spacial score (nSPS) is 10.6. The van der Waals surface area contributed by atoms with Gasteiger partial charge in [-0.2, -0.15) is 0 Å². The lowest BCUT2D eigenvalue weighted by atomic mass is 10.1. The molecule has 0 aliphatic carbocycles. The van der Waals surface area contributed by atoms with Crippen molar-refractivity contribution >= 4 is 22.5 Å². The van der Waals surface area contributed by atoms with Crippen LogP contribution in [0.5, 0.6) is 0 Å². The number of hydrogen-bond donors (Lipinski definition) is 1. The third kappa shape index (κ3) is 3.28. The number of nitrogens with one attached hydrogen (secondary N) is 1. The van der Waals surface area contributed by atoms with Crippen molar-refractivity contribution < 1.29 is 4.79 Å². The molecule has 2 heterocycles. The summed E-state index contributed by atoms with van der Waals surface area (Å²) in [5.74, 6) is -0.0264. The maximum absolute atomic E-state index is 12.1. The van der Waals surface area contributed by atoms with E-state index in [0.29, 0.717) is 12.8 Å². The zero-order valence-electron chi connectivity index (χ0n) is 12.4. The predicted octanol–water partition coefficient (Wildman–Crippen LogP) is 3.51. The fourth-order valence-electron chi connectivity index (χ4n) is 2.35. The Morgan fingerprint density at radius 1 is 1.09 bits per heavy atom. The minimum absolute atomic E-state index is 0.0264. The van der Waals surface area contributed by atoms with Gasteiger partial charge in [-0.3, -0.25) is 14.8 Å². The number of pyridine rings is 2. The minimum atomic E-state index is -0.0264. The van der Waals surface area contributed by atoms with E-state index in [-0.39, 0.29) is 5.91 Å². The van der Waals surface area contributed by atoms with Gasteiger partial charge in [0.05, 0.1) is 11.2 Å². The van der Waals surface area contributed by atoms with E-state index < -0.39 is 0 Å². The molecular formula is C18H17N3O. The number of benzene rings is 1. The highest BCUT2D eigenvalue weighted by atomic mass is 16.1. The maximum atomic E-state index is 12.1. The van der Waals surface area contributed by atoms with Crippen LogP contribution in [-0.4, -0.2) is 15.9 Å². The van der Waals surface area contributed by atoms with Gasteiger partial charge < -0.3 is 5.32 Å². The zero-order valence-corrected chi connectivity index (χ0v) is 12.4. The van der Waals surface area contributed by atoms with E-state index in [1.807, 2.05) is 55.5 Å². The monoisotopic (exact) mass is 291 g/mol. The number of carbonyl (C=O) groups excluding carboxylic acids is 1. The second-order valence-electron chi connectivity index (χ2n) is 5.20. The lowest BCUT2D eigenvalue weighted by molar-refractivity contribution is -0.116. The summed E-state index contributed by atoms with van der Waals surface area (Å²) in [7, 11) is 0. The predicted molar refractivity (Wildman–Crippen MR) is 87.7 cm³/mol. The molecule has 3 aromatic rings. The third-order valence-corrected chi connectivity index (χ3v) is 3.47. The summed E-state index contributed by atoms with van der Waals surface area (Å²) in [6, 6.07) is 15.5. The van der Waals surface area contributed by atoms with Gasteiger partial charge in [-0.25, -0.2) is 0 Å². The Morgan fingerprint density at radius 2 is 2.00 bits per heavy atom. The van der Waals surface area contributed by atoms with Crippen molar-refractivity contribution in [2.75, 3.05) is 5.32 Å². The van der Waals surface area contributed by atoms with Crippen LogP contribution in [-0.2, 0) is 11.2 Å². The molecule has 0 radical (unpaired) electrons. The molecule has 0 fully saturated rings. The number of para-hydroxylation sites is 1. The van der Waals surface area contributed by atoms with E-state index in [1.54, 1.807) is 6.20 Å². The first-order valence-electron chi connectivity index (χ1n) is 7.28. The molecular weight excluding hydrogens is 274 g/mol. The average Bonchev–Trinajstić information content (AvgIpc) is 2.54. The summed E-state index contributed by atoms with van der Waals surface area (Å²) < 4.78 is 0. The van der Waals surface area contributed by atoms with Crippen LogP contribution in [0.25, 0.3) is 10.9 Å². The average molecular weight is 291 g/mol. The number of aryl methyl sites for hydroxylation is 2. The number of amides is 1. The van der Waals surface area contributed by atoms with Gasteiger partial charge in [0, 0.05) is 29.4 Å². The van der Waals surface area contributed by atoms with Crippen molar-refractivity contribution in [2.45, 2.75) is 19.8 Å². The molecule has 0 bridgehead atoms. The van der Waals surface area contributed by atoms with Gasteiger partial charge >= 0.3 is 0 Å². The number of anilines is 1. The molecule has 2 aromatic heterocycles. The number of rotatable bonds is 4. The molecule has 0 saturated heterocycles. The zero-order chi connectivity index (χ0) is 15.4. The van der Waals surface area contributed by atoms with E-state index >= 15 is 0 Å². The van der Waals surface area contributed by atoms with E-state index in [1.165, 1.54) is 0 Å². The minimum Gasteiger partial charge on any atom is -0.324 e. The van der Waals surface area contributed by atoms with Gasteiger partial charge in [0.2, 0.25) is 5.91 Å². The van der Waals surface area contributed by atoms with Crippen LogP contribution in [0.2, 0.25) is 0 Å². The second-order valence-corrected chi connectivity index (χ2v) is 5.20. The molecule has 1 N–H and O–H groups in total.